The Balaban J connectivity index is 1.79. The Hall–Kier alpha value is -3.35. The summed E-state index contributed by atoms with van der Waals surface area (Å²) in [6, 6.07) is 12.4. The van der Waals surface area contributed by atoms with Crippen LogP contribution in [-0.4, -0.2) is 37.0 Å². The Morgan fingerprint density at radius 3 is 2.42 bits per heavy atom. The van der Waals surface area contributed by atoms with Crippen LogP contribution in [0.4, 0.5) is 5.69 Å². The Kier molecular flexibility index (Phi) is 9.06. The van der Waals surface area contributed by atoms with Gasteiger partial charge in [-0.3, -0.25) is 14.4 Å². The van der Waals surface area contributed by atoms with Crippen LogP contribution in [0.25, 0.3) is 0 Å². The van der Waals surface area contributed by atoms with Crippen molar-refractivity contribution in [3.05, 3.63) is 59.2 Å². The van der Waals surface area contributed by atoms with Gasteiger partial charge in [0.1, 0.15) is 12.3 Å². The number of hydrogen-bond acceptors (Lipinski definition) is 5. The zero-order valence-corrected chi connectivity index (χ0v) is 18.5. The van der Waals surface area contributed by atoms with Gasteiger partial charge in [0, 0.05) is 11.3 Å². The molecular weight excluding hydrogens is 396 g/mol. The molecule has 0 aliphatic heterocycles. The maximum atomic E-state index is 12.3. The summed E-state index contributed by atoms with van der Waals surface area (Å²) >= 11 is 0. The monoisotopic (exact) mass is 426 g/mol. The number of carbonyl (C=O) groups excluding carboxylic acids is 3. The van der Waals surface area contributed by atoms with Crippen LogP contribution in [0.1, 0.15) is 48.2 Å². The highest BCUT2D eigenvalue weighted by atomic mass is 16.5. The maximum Gasteiger partial charge on any atom is 0.326 e. The average Bonchev–Trinajstić information content (AvgIpc) is 2.75. The third kappa shape index (κ3) is 7.77. The molecule has 0 saturated carbocycles. The Morgan fingerprint density at radius 1 is 1.03 bits per heavy atom. The number of nitrogens with one attached hydrogen (secondary N) is 2. The molecule has 7 heteroatoms. The van der Waals surface area contributed by atoms with Crippen LogP contribution in [0.3, 0.4) is 0 Å². The molecule has 0 saturated heterocycles. The smallest absolute Gasteiger partial charge is 0.326 e. The lowest BCUT2D eigenvalue weighted by Gasteiger charge is -2.15. The van der Waals surface area contributed by atoms with Gasteiger partial charge in [-0.1, -0.05) is 25.5 Å². The summed E-state index contributed by atoms with van der Waals surface area (Å²) in [5.41, 5.74) is 2.99. The number of amides is 2. The molecule has 166 valence electrons. The van der Waals surface area contributed by atoms with Crippen LogP contribution < -0.4 is 15.4 Å². The molecule has 2 rings (SSSR count). The van der Waals surface area contributed by atoms with Crippen LogP contribution in [0.15, 0.2) is 42.5 Å². The normalized spacial score (nSPS) is 11.4. The molecule has 0 aliphatic carbocycles. The Labute approximate surface area is 183 Å². The van der Waals surface area contributed by atoms with Crippen LogP contribution in [0.5, 0.6) is 5.75 Å². The molecule has 2 aromatic carbocycles. The number of hydrogen-bond donors (Lipinski definition) is 2. The van der Waals surface area contributed by atoms with E-state index in [1.165, 1.54) is 6.92 Å². The first-order valence-corrected chi connectivity index (χ1v) is 10.4. The fraction of sp³-hybridized carbons (Fsp3) is 0.375. The van der Waals surface area contributed by atoms with E-state index < -0.39 is 23.9 Å². The lowest BCUT2D eigenvalue weighted by molar-refractivity contribution is -0.152. The Morgan fingerprint density at radius 2 is 1.74 bits per heavy atom. The summed E-state index contributed by atoms with van der Waals surface area (Å²) in [5, 5.41) is 5.25. The van der Waals surface area contributed by atoms with E-state index in [1.807, 2.05) is 32.0 Å². The zero-order valence-electron chi connectivity index (χ0n) is 18.5. The largest absolute Gasteiger partial charge is 0.494 e. The minimum absolute atomic E-state index is 0.339. The molecule has 0 fully saturated rings. The number of carbonyl (C=O) groups is 3. The third-order valence-electron chi connectivity index (χ3n) is 4.60. The quantitative estimate of drug-likeness (QED) is 0.445. The van der Waals surface area contributed by atoms with Crippen molar-refractivity contribution >= 4 is 23.5 Å². The van der Waals surface area contributed by atoms with E-state index >= 15 is 0 Å². The van der Waals surface area contributed by atoms with E-state index in [1.54, 1.807) is 24.3 Å². The second-order valence-electron chi connectivity index (χ2n) is 7.35. The van der Waals surface area contributed by atoms with Crippen molar-refractivity contribution in [1.29, 1.82) is 0 Å². The molecule has 0 aliphatic rings. The first-order chi connectivity index (χ1) is 14.8. The number of rotatable bonds is 10. The molecule has 7 nitrogen and oxygen atoms in total. The third-order valence-corrected chi connectivity index (χ3v) is 4.60. The molecule has 0 spiro atoms. The average molecular weight is 427 g/mol. The van der Waals surface area contributed by atoms with Crippen molar-refractivity contribution in [2.75, 3.05) is 18.5 Å². The fourth-order valence-corrected chi connectivity index (χ4v) is 2.69. The highest BCUT2D eigenvalue weighted by molar-refractivity contribution is 5.97. The first-order valence-electron chi connectivity index (χ1n) is 10.4. The lowest BCUT2D eigenvalue weighted by atomic mass is 10.1. The summed E-state index contributed by atoms with van der Waals surface area (Å²) in [7, 11) is 0. The molecule has 1 atom stereocenters. The second-order valence-corrected chi connectivity index (χ2v) is 7.35. The fourth-order valence-electron chi connectivity index (χ4n) is 2.69. The van der Waals surface area contributed by atoms with Gasteiger partial charge < -0.3 is 20.1 Å². The summed E-state index contributed by atoms with van der Waals surface area (Å²) in [5.74, 6) is -0.860. The van der Waals surface area contributed by atoms with Crippen molar-refractivity contribution in [3.8, 4) is 5.75 Å². The summed E-state index contributed by atoms with van der Waals surface area (Å²) in [4.78, 5) is 36.6. The number of benzene rings is 2. The molecule has 0 heterocycles. The van der Waals surface area contributed by atoms with Crippen LogP contribution in [0, 0.1) is 13.8 Å². The van der Waals surface area contributed by atoms with Crippen LogP contribution in [-0.2, 0) is 14.3 Å². The number of unbranched alkanes of at least 4 members (excludes halogenated alkanes) is 1. The predicted octanol–water partition coefficient (Wildman–Crippen LogP) is 3.78. The molecule has 2 aromatic rings. The molecule has 0 aromatic heterocycles. The summed E-state index contributed by atoms with van der Waals surface area (Å²) < 4.78 is 10.7. The highest BCUT2D eigenvalue weighted by Crippen LogP contribution is 2.17. The van der Waals surface area contributed by atoms with Gasteiger partial charge in [-0.25, -0.2) is 0 Å². The molecule has 0 unspecified atom stereocenters. The molecule has 2 N–H and O–H groups in total. The van der Waals surface area contributed by atoms with E-state index in [9.17, 15) is 14.4 Å². The van der Waals surface area contributed by atoms with E-state index in [0.717, 1.165) is 24.0 Å². The summed E-state index contributed by atoms with van der Waals surface area (Å²) in [6.07, 6.45) is 1.01. The zero-order chi connectivity index (χ0) is 22.8. The number of anilines is 1. The number of esters is 1. The van der Waals surface area contributed by atoms with Gasteiger partial charge in [-0.05, 0) is 68.7 Å². The molecule has 31 heavy (non-hydrogen) atoms. The van der Waals surface area contributed by atoms with Gasteiger partial charge in [0.25, 0.3) is 11.8 Å². The molecule has 0 radical (unpaired) electrons. The van der Waals surface area contributed by atoms with Crippen molar-refractivity contribution in [3.63, 3.8) is 0 Å². The van der Waals surface area contributed by atoms with Crippen LogP contribution >= 0.6 is 0 Å². The van der Waals surface area contributed by atoms with Crippen molar-refractivity contribution < 1.29 is 23.9 Å². The van der Waals surface area contributed by atoms with Crippen molar-refractivity contribution in [2.45, 2.75) is 46.6 Å². The van der Waals surface area contributed by atoms with E-state index in [4.69, 9.17) is 9.47 Å². The van der Waals surface area contributed by atoms with Gasteiger partial charge in [-0.15, -0.1) is 0 Å². The van der Waals surface area contributed by atoms with E-state index in [-0.39, 0.29) is 6.54 Å². The van der Waals surface area contributed by atoms with E-state index in [0.29, 0.717) is 23.6 Å². The van der Waals surface area contributed by atoms with Gasteiger partial charge in [-0.2, -0.15) is 0 Å². The predicted molar refractivity (Wildman–Crippen MR) is 119 cm³/mol. The van der Waals surface area contributed by atoms with Gasteiger partial charge in [0.15, 0.2) is 6.10 Å². The lowest BCUT2D eigenvalue weighted by Crippen LogP contribution is -2.35. The minimum Gasteiger partial charge on any atom is -0.494 e. The van der Waals surface area contributed by atoms with E-state index in [2.05, 4.69) is 17.6 Å². The van der Waals surface area contributed by atoms with Crippen molar-refractivity contribution in [1.82, 2.24) is 5.32 Å². The topological polar surface area (TPSA) is 93.7 Å². The second kappa shape index (κ2) is 11.7. The molecule has 2 amide bonds. The number of ether oxygens (including phenoxy) is 2. The number of aryl methyl sites for hydroxylation is 2. The summed E-state index contributed by atoms with van der Waals surface area (Å²) in [6.45, 7) is 7.66. The van der Waals surface area contributed by atoms with Crippen molar-refractivity contribution in [2.24, 2.45) is 0 Å². The van der Waals surface area contributed by atoms with Gasteiger partial charge in [0.2, 0.25) is 0 Å². The standard InChI is InChI=1S/C24H30N2O5/c1-5-6-13-30-20-11-9-19(10-12-20)24(29)25-15-22(27)31-18(4)23(28)26-21-14-16(2)7-8-17(21)3/h7-12,14,18H,5-6,13,15H2,1-4H3,(H,25,29)(H,26,28)/t18-/m1/s1. The first kappa shape index (κ1) is 23.9. The van der Waals surface area contributed by atoms with Gasteiger partial charge in [0.05, 0.1) is 6.61 Å². The highest BCUT2D eigenvalue weighted by Gasteiger charge is 2.19. The Bertz CT molecular complexity index is 909. The molecular formula is C24H30N2O5. The van der Waals surface area contributed by atoms with Crippen LogP contribution in [0.2, 0.25) is 0 Å². The minimum atomic E-state index is -0.996. The SMILES string of the molecule is CCCCOc1ccc(C(=O)NCC(=O)O[C@H](C)C(=O)Nc2cc(C)ccc2C)cc1. The molecule has 0 bridgehead atoms. The maximum absolute atomic E-state index is 12.3. The van der Waals surface area contributed by atoms with Gasteiger partial charge >= 0.3 is 5.97 Å².